The van der Waals surface area contributed by atoms with E-state index in [0.29, 0.717) is 0 Å². The van der Waals surface area contributed by atoms with E-state index in [1.807, 2.05) is 0 Å². The molecule has 0 radical (unpaired) electrons. The monoisotopic (exact) mass is 631 g/mol. The minimum Gasteiger partial charge on any atom is -0.457 e. The Morgan fingerprint density at radius 1 is 0.531 bits per heavy atom. The smallest absolute Gasteiger partial charge is 0.134 e. The third-order valence-electron chi connectivity index (χ3n) is 11.7. The van der Waals surface area contributed by atoms with Crippen LogP contribution in [0.2, 0.25) is 0 Å². The molecule has 0 bridgehead atoms. The maximum atomic E-state index is 6.91. The zero-order chi connectivity index (χ0) is 32.5. The highest BCUT2D eigenvalue weighted by molar-refractivity contribution is 5.93. The molecule has 2 aliphatic carbocycles. The molecule has 2 atom stereocenters. The first-order valence-corrected chi connectivity index (χ1v) is 17.3. The molecule has 49 heavy (non-hydrogen) atoms. The van der Waals surface area contributed by atoms with Gasteiger partial charge < -0.3 is 14.4 Å². The molecular weight excluding hydrogens is 599 g/mol. The second-order valence-electron chi connectivity index (χ2n) is 14.4. The van der Waals surface area contributed by atoms with E-state index in [-0.39, 0.29) is 17.4 Å². The normalized spacial score (nSPS) is 20.5. The van der Waals surface area contributed by atoms with Crippen LogP contribution in [-0.4, -0.2) is 6.04 Å². The summed E-state index contributed by atoms with van der Waals surface area (Å²) in [7, 11) is 0. The molecule has 0 N–H and O–H groups in total. The van der Waals surface area contributed by atoms with E-state index in [4.69, 9.17) is 9.47 Å². The van der Waals surface area contributed by atoms with Gasteiger partial charge in [0.15, 0.2) is 0 Å². The lowest BCUT2D eigenvalue weighted by Crippen LogP contribution is -2.37. The predicted molar refractivity (Wildman–Crippen MR) is 196 cm³/mol. The summed E-state index contributed by atoms with van der Waals surface area (Å²) in [4.78, 5) is 2.54. The van der Waals surface area contributed by atoms with Gasteiger partial charge in [-0.15, -0.1) is 0 Å². The minimum atomic E-state index is -0.594. The van der Waals surface area contributed by atoms with Gasteiger partial charge in [0, 0.05) is 51.0 Å². The van der Waals surface area contributed by atoms with E-state index in [2.05, 4.69) is 170 Å². The van der Waals surface area contributed by atoms with E-state index in [1.54, 1.807) is 0 Å². The molecule has 234 valence electrons. The molecule has 0 saturated heterocycles. The van der Waals surface area contributed by atoms with Gasteiger partial charge in [0.25, 0.3) is 0 Å². The quantitative estimate of drug-likeness (QED) is 0.180. The van der Waals surface area contributed by atoms with Crippen LogP contribution in [0.3, 0.4) is 0 Å². The Bertz CT molecular complexity index is 2400. The molecule has 6 aromatic carbocycles. The van der Waals surface area contributed by atoms with Crippen molar-refractivity contribution in [3.05, 3.63) is 196 Å². The van der Waals surface area contributed by atoms with Crippen LogP contribution in [0.25, 0.3) is 5.57 Å². The fourth-order valence-corrected chi connectivity index (χ4v) is 9.65. The maximum absolute atomic E-state index is 6.91. The molecule has 0 fully saturated rings. The second kappa shape index (κ2) is 9.42. The Hall–Kier alpha value is -5.80. The summed E-state index contributed by atoms with van der Waals surface area (Å²) in [6.07, 6.45) is 5.10. The van der Waals surface area contributed by atoms with Crippen molar-refractivity contribution in [3.8, 4) is 23.0 Å². The SMILES string of the molecule is CC1(C)C2=CC3C(C=C2c2ccccc21)c1ccccc1N3c1ccc2c(c1)Oc1ccccc1C21c2ccccc2Oc2ccccc21. The summed E-state index contributed by atoms with van der Waals surface area (Å²) in [5.74, 6) is 3.74. The Kier molecular flexibility index (Phi) is 5.23. The number of hydrogen-bond donors (Lipinski definition) is 0. The van der Waals surface area contributed by atoms with Gasteiger partial charge in [0.1, 0.15) is 23.0 Å². The number of ether oxygens (including phenoxy) is 2. The minimum absolute atomic E-state index is 0.0628. The van der Waals surface area contributed by atoms with Gasteiger partial charge in [-0.05, 0) is 58.2 Å². The number of hydrogen-bond acceptors (Lipinski definition) is 3. The van der Waals surface area contributed by atoms with E-state index in [1.165, 1.54) is 33.5 Å². The number of para-hydroxylation sites is 4. The van der Waals surface area contributed by atoms with Gasteiger partial charge in [-0.3, -0.25) is 0 Å². The highest BCUT2D eigenvalue weighted by atomic mass is 16.5. The van der Waals surface area contributed by atoms with Crippen LogP contribution < -0.4 is 14.4 Å². The Balaban J connectivity index is 1.13. The van der Waals surface area contributed by atoms with E-state index >= 15 is 0 Å². The fraction of sp³-hybridized carbons (Fsp3) is 0.130. The van der Waals surface area contributed by atoms with Crippen LogP contribution in [0, 0.1) is 0 Å². The van der Waals surface area contributed by atoms with Gasteiger partial charge in [-0.1, -0.05) is 129 Å². The van der Waals surface area contributed by atoms with Crippen molar-refractivity contribution in [3.63, 3.8) is 0 Å². The van der Waals surface area contributed by atoms with Crippen molar-refractivity contribution in [2.45, 2.75) is 36.6 Å². The van der Waals surface area contributed by atoms with Crippen LogP contribution in [0.15, 0.2) is 157 Å². The summed E-state index contributed by atoms with van der Waals surface area (Å²) in [5, 5.41) is 0. The van der Waals surface area contributed by atoms with Gasteiger partial charge in [0.05, 0.1) is 11.5 Å². The summed E-state index contributed by atoms with van der Waals surface area (Å²) in [6, 6.07) is 50.4. The van der Waals surface area contributed by atoms with Crippen molar-refractivity contribution in [1.29, 1.82) is 0 Å². The number of nitrogens with zero attached hydrogens (tertiary/aromatic N) is 1. The number of anilines is 2. The molecule has 6 aromatic rings. The standard InChI is InChI=1S/C46H33NO2/c1-45(2)33-15-5-3-13-29(33)31-26-32-30-14-4-9-19-39(30)47(40(32)27-38(31)45)28-23-24-37-44(25-28)49-43-22-12-8-18-36(43)46(37)34-16-6-10-20-41(34)48-42-21-11-7-17-35(42)46/h3-27,32,40H,1-2H3. The van der Waals surface area contributed by atoms with Crippen LogP contribution in [0.1, 0.15) is 58.7 Å². The molecule has 2 unspecified atom stereocenters. The largest absolute Gasteiger partial charge is 0.457 e. The van der Waals surface area contributed by atoms with Crippen molar-refractivity contribution >= 4 is 16.9 Å². The first-order chi connectivity index (χ1) is 24.0. The average molecular weight is 632 g/mol. The molecule has 1 spiro atoms. The molecule has 3 aliphatic heterocycles. The molecule has 0 saturated carbocycles. The van der Waals surface area contributed by atoms with Crippen LogP contribution in [-0.2, 0) is 10.8 Å². The molecule has 3 nitrogen and oxygen atoms in total. The lowest BCUT2D eigenvalue weighted by Gasteiger charge is -2.45. The summed E-state index contributed by atoms with van der Waals surface area (Å²) >= 11 is 0. The third kappa shape index (κ3) is 3.37. The molecule has 0 aromatic heterocycles. The van der Waals surface area contributed by atoms with Crippen molar-refractivity contribution < 1.29 is 9.47 Å². The lowest BCUT2D eigenvalue weighted by atomic mass is 9.62. The molecule has 0 amide bonds. The third-order valence-corrected chi connectivity index (χ3v) is 11.7. The number of benzene rings is 6. The first-order valence-electron chi connectivity index (χ1n) is 17.3. The molecule has 5 aliphatic rings. The molecule has 3 heteroatoms. The van der Waals surface area contributed by atoms with Crippen molar-refractivity contribution in [2.24, 2.45) is 0 Å². The van der Waals surface area contributed by atoms with Gasteiger partial charge in [-0.25, -0.2) is 0 Å². The van der Waals surface area contributed by atoms with Crippen LogP contribution in [0.5, 0.6) is 23.0 Å². The molecular formula is C46H33NO2. The van der Waals surface area contributed by atoms with E-state index < -0.39 is 5.41 Å². The number of allylic oxidation sites excluding steroid dienone is 2. The fourth-order valence-electron chi connectivity index (χ4n) is 9.65. The maximum Gasteiger partial charge on any atom is 0.134 e. The molecule has 11 rings (SSSR count). The summed E-state index contributed by atoms with van der Waals surface area (Å²) < 4.78 is 13.5. The summed E-state index contributed by atoms with van der Waals surface area (Å²) in [6.45, 7) is 4.75. The topological polar surface area (TPSA) is 21.7 Å². The van der Waals surface area contributed by atoms with Gasteiger partial charge >= 0.3 is 0 Å². The Labute approximate surface area is 286 Å². The van der Waals surface area contributed by atoms with Gasteiger partial charge in [0.2, 0.25) is 0 Å². The van der Waals surface area contributed by atoms with Crippen LogP contribution >= 0.6 is 0 Å². The van der Waals surface area contributed by atoms with Crippen molar-refractivity contribution in [1.82, 2.24) is 0 Å². The lowest BCUT2D eigenvalue weighted by molar-refractivity contribution is 0.399. The Morgan fingerprint density at radius 3 is 1.78 bits per heavy atom. The van der Waals surface area contributed by atoms with Crippen LogP contribution in [0.4, 0.5) is 11.4 Å². The predicted octanol–water partition coefficient (Wildman–Crippen LogP) is 11.2. The molecule has 3 heterocycles. The highest BCUT2D eigenvalue weighted by Gasteiger charge is 2.51. The summed E-state index contributed by atoms with van der Waals surface area (Å²) in [5.41, 5.74) is 13.2. The zero-order valence-electron chi connectivity index (χ0n) is 27.4. The number of fused-ring (bicyclic) bond motifs is 14. The Morgan fingerprint density at radius 2 is 1.08 bits per heavy atom. The average Bonchev–Trinajstić information content (AvgIpc) is 3.58. The van der Waals surface area contributed by atoms with Crippen molar-refractivity contribution in [2.75, 3.05) is 4.90 Å². The first kappa shape index (κ1) is 27.2. The van der Waals surface area contributed by atoms with E-state index in [0.717, 1.165) is 50.9 Å². The highest BCUT2D eigenvalue weighted by Crippen LogP contribution is 2.63. The zero-order valence-corrected chi connectivity index (χ0v) is 27.4. The second-order valence-corrected chi connectivity index (χ2v) is 14.4. The number of rotatable bonds is 1. The van der Waals surface area contributed by atoms with Gasteiger partial charge in [-0.2, -0.15) is 0 Å². The van der Waals surface area contributed by atoms with E-state index in [9.17, 15) is 0 Å².